The van der Waals surface area contributed by atoms with Gasteiger partial charge in [0, 0.05) is 36.7 Å². The maximum Gasteiger partial charge on any atom is 0.280 e. The van der Waals surface area contributed by atoms with Gasteiger partial charge in [-0.05, 0) is 18.1 Å². The second-order valence-electron chi connectivity index (χ2n) is 6.89. The van der Waals surface area contributed by atoms with Crippen LogP contribution in [0, 0.1) is 10.7 Å². The van der Waals surface area contributed by atoms with E-state index in [9.17, 15) is 17.8 Å². The second kappa shape index (κ2) is 7.44. The molecular formula is C18H21F2N5O2S. The van der Waals surface area contributed by atoms with Crippen LogP contribution in [0.4, 0.5) is 14.5 Å². The number of nitrogens with zero attached hydrogens (tertiary/aromatic N) is 2. The van der Waals surface area contributed by atoms with Crippen molar-refractivity contribution in [2.75, 3.05) is 5.32 Å². The third-order valence-electron chi connectivity index (χ3n) is 4.46. The molecule has 1 aliphatic heterocycles. The summed E-state index contributed by atoms with van der Waals surface area (Å²) in [6, 6.07) is 2.22. The van der Waals surface area contributed by atoms with E-state index in [0.29, 0.717) is 5.56 Å². The zero-order valence-electron chi connectivity index (χ0n) is 15.6. The van der Waals surface area contributed by atoms with Gasteiger partial charge < -0.3 is 9.88 Å². The highest BCUT2D eigenvalue weighted by molar-refractivity contribution is 7.90. The minimum absolute atomic E-state index is 0.0991. The Labute approximate surface area is 162 Å². The first-order valence-electron chi connectivity index (χ1n) is 8.59. The van der Waals surface area contributed by atoms with Gasteiger partial charge in [-0.25, -0.2) is 22.5 Å². The first-order chi connectivity index (χ1) is 13.1. The number of hydrogen-bond acceptors (Lipinski definition) is 4. The molecule has 0 saturated heterocycles. The minimum atomic E-state index is -3.32. The highest BCUT2D eigenvalue weighted by atomic mass is 32.2. The number of fused-ring (bicyclic) bond motifs is 1. The van der Waals surface area contributed by atoms with Crippen LogP contribution in [-0.2, 0) is 17.0 Å². The molecule has 0 saturated carbocycles. The maximum atomic E-state index is 12.9. The highest BCUT2D eigenvalue weighted by Crippen LogP contribution is 2.29. The Morgan fingerprint density at radius 2 is 2.14 bits per heavy atom. The summed E-state index contributed by atoms with van der Waals surface area (Å²) in [6.07, 6.45) is 3.38. The Hall–Kier alpha value is -2.59. The van der Waals surface area contributed by atoms with E-state index < -0.39 is 27.9 Å². The fraction of sp³-hybridized carbons (Fsp3) is 0.333. The van der Waals surface area contributed by atoms with Crippen molar-refractivity contribution in [1.29, 1.82) is 4.78 Å². The summed E-state index contributed by atoms with van der Waals surface area (Å²) in [5.74, 6) is -0.458. The summed E-state index contributed by atoms with van der Waals surface area (Å²) < 4.78 is 51.1. The molecule has 0 bridgehead atoms. The van der Waals surface area contributed by atoms with Gasteiger partial charge in [0.1, 0.15) is 21.3 Å². The number of anilines is 1. The number of alkyl halides is 2. The minimum Gasteiger partial charge on any atom is -0.345 e. The van der Waals surface area contributed by atoms with E-state index in [1.165, 1.54) is 23.0 Å². The quantitative estimate of drug-likeness (QED) is 0.720. The van der Waals surface area contributed by atoms with Gasteiger partial charge in [0.2, 0.25) is 0 Å². The lowest BCUT2D eigenvalue weighted by molar-refractivity contribution is 0.101. The smallest absolute Gasteiger partial charge is 0.280 e. The van der Waals surface area contributed by atoms with Crippen LogP contribution in [-0.4, -0.2) is 25.7 Å². The van der Waals surface area contributed by atoms with E-state index in [-0.39, 0.29) is 28.2 Å². The lowest BCUT2D eigenvalue weighted by Gasteiger charge is -2.18. The molecular weight excluding hydrogens is 388 g/mol. The molecule has 10 heteroatoms. The molecule has 3 N–H and O–H groups in total. The van der Waals surface area contributed by atoms with Crippen molar-refractivity contribution in [3.05, 3.63) is 47.6 Å². The van der Waals surface area contributed by atoms with Crippen molar-refractivity contribution in [3.8, 4) is 0 Å². The van der Waals surface area contributed by atoms with Crippen molar-refractivity contribution in [1.82, 2.24) is 14.3 Å². The molecule has 0 aromatic carbocycles. The number of hydrogen-bond donors (Lipinski definition) is 3. The molecule has 0 fully saturated rings. The number of nitrogens with one attached hydrogen (secondary N) is 3. The number of rotatable bonds is 4. The number of aromatic nitrogens is 2. The second-order valence-corrected chi connectivity index (χ2v) is 8.68. The number of aryl methyl sites for hydroxylation is 1. The summed E-state index contributed by atoms with van der Waals surface area (Å²) in [5, 5.41) is 2.57. The zero-order chi connectivity index (χ0) is 20.6. The van der Waals surface area contributed by atoms with Gasteiger partial charge in [-0.1, -0.05) is 26.0 Å². The van der Waals surface area contributed by atoms with Crippen molar-refractivity contribution in [3.63, 3.8) is 0 Å². The Kier molecular flexibility index (Phi) is 5.35. The standard InChI is InChI=1S/C18H21F2N5O2S/c1-10(2)13-5-4-12-15(28(21,27)24-13)9-25(3)16(12)18(26)23-11-6-7-22-14(8-11)17(19)20/h4-10,13,17H,1-3H3,(H2,21,24,27)(H,22,23,26). The van der Waals surface area contributed by atoms with E-state index in [1.807, 2.05) is 13.8 Å². The predicted molar refractivity (Wildman–Crippen MR) is 102 cm³/mol. The molecule has 1 aliphatic rings. The van der Waals surface area contributed by atoms with E-state index in [0.717, 1.165) is 6.07 Å². The van der Waals surface area contributed by atoms with Gasteiger partial charge in [0.25, 0.3) is 12.3 Å². The van der Waals surface area contributed by atoms with Crippen molar-refractivity contribution >= 4 is 27.6 Å². The van der Waals surface area contributed by atoms with Crippen LogP contribution in [0.5, 0.6) is 0 Å². The van der Waals surface area contributed by atoms with Gasteiger partial charge in [-0.2, -0.15) is 0 Å². The number of amides is 1. The molecule has 7 nitrogen and oxygen atoms in total. The average molecular weight is 409 g/mol. The lowest BCUT2D eigenvalue weighted by Crippen LogP contribution is -2.35. The summed E-state index contributed by atoms with van der Waals surface area (Å²) in [4.78, 5) is 16.6. The van der Waals surface area contributed by atoms with Gasteiger partial charge in [-0.15, -0.1) is 0 Å². The Bertz CT molecular complexity index is 1040. The predicted octanol–water partition coefficient (Wildman–Crippen LogP) is 3.57. The van der Waals surface area contributed by atoms with Gasteiger partial charge in [0.05, 0.1) is 4.90 Å². The summed E-state index contributed by atoms with van der Waals surface area (Å²) >= 11 is 0. The first-order valence-corrected chi connectivity index (χ1v) is 10.1. The third-order valence-corrected chi connectivity index (χ3v) is 6.01. The fourth-order valence-electron chi connectivity index (χ4n) is 2.98. The van der Waals surface area contributed by atoms with Crippen LogP contribution in [0.25, 0.3) is 6.08 Å². The molecule has 3 heterocycles. The van der Waals surface area contributed by atoms with Crippen LogP contribution in [0.15, 0.2) is 35.5 Å². The van der Waals surface area contributed by atoms with Crippen molar-refractivity contribution < 1.29 is 17.8 Å². The Morgan fingerprint density at radius 1 is 1.43 bits per heavy atom. The van der Waals surface area contributed by atoms with Gasteiger partial charge in [-0.3, -0.25) is 9.78 Å². The largest absolute Gasteiger partial charge is 0.345 e. The Balaban J connectivity index is 2.00. The van der Waals surface area contributed by atoms with Gasteiger partial charge in [0.15, 0.2) is 0 Å². The van der Waals surface area contributed by atoms with E-state index in [2.05, 4.69) is 15.0 Å². The maximum absolute atomic E-state index is 12.9. The van der Waals surface area contributed by atoms with Crippen LogP contribution in [0.3, 0.4) is 0 Å². The van der Waals surface area contributed by atoms with Gasteiger partial charge >= 0.3 is 0 Å². The number of carbonyl (C=O) groups is 1. The Morgan fingerprint density at radius 3 is 2.79 bits per heavy atom. The number of pyridine rings is 1. The van der Waals surface area contributed by atoms with Crippen LogP contribution in [0.2, 0.25) is 0 Å². The zero-order valence-corrected chi connectivity index (χ0v) is 16.4. The van der Waals surface area contributed by atoms with E-state index in [4.69, 9.17) is 4.78 Å². The summed E-state index contributed by atoms with van der Waals surface area (Å²) in [5.41, 5.74) is 0.292. The highest BCUT2D eigenvalue weighted by Gasteiger charge is 2.29. The first kappa shape index (κ1) is 20.2. The molecule has 0 radical (unpaired) electrons. The number of halogens is 2. The van der Waals surface area contributed by atoms with E-state index in [1.54, 1.807) is 19.2 Å². The lowest BCUT2D eigenvalue weighted by atomic mass is 10.0. The molecule has 0 spiro atoms. The summed E-state index contributed by atoms with van der Waals surface area (Å²) in [7, 11) is -1.72. The summed E-state index contributed by atoms with van der Waals surface area (Å²) in [6.45, 7) is 3.87. The molecule has 150 valence electrons. The normalized spacial score (nSPS) is 21.6. The average Bonchev–Trinajstić information content (AvgIpc) is 2.89. The fourth-order valence-corrected chi connectivity index (χ4v) is 4.62. The third kappa shape index (κ3) is 3.83. The molecule has 2 aromatic heterocycles. The van der Waals surface area contributed by atoms with Crippen molar-refractivity contribution in [2.24, 2.45) is 13.0 Å². The molecule has 0 aliphatic carbocycles. The molecule has 2 aromatic rings. The molecule has 1 amide bonds. The van der Waals surface area contributed by atoms with Crippen molar-refractivity contribution in [2.45, 2.75) is 31.2 Å². The molecule has 28 heavy (non-hydrogen) atoms. The van der Waals surface area contributed by atoms with Crippen LogP contribution in [0.1, 0.15) is 42.0 Å². The molecule has 3 rings (SSSR count). The monoisotopic (exact) mass is 409 g/mol. The molecule has 2 unspecified atom stereocenters. The topological polar surface area (TPSA) is 99.9 Å². The van der Waals surface area contributed by atoms with Crippen LogP contribution < -0.4 is 10.0 Å². The van der Waals surface area contributed by atoms with Crippen LogP contribution >= 0.6 is 0 Å². The molecule has 2 atom stereocenters. The number of carbonyl (C=O) groups excluding carboxylic acids is 1. The SMILES string of the molecule is CC(C)C1C=Cc2c(cn(C)c2C(=O)Nc2ccnc(C(F)F)c2)S(=N)(=O)N1. The van der Waals surface area contributed by atoms with E-state index >= 15 is 0 Å².